The molecular weight excluding hydrogens is 214 g/mol. The van der Waals surface area contributed by atoms with Gasteiger partial charge in [0.25, 0.3) is 0 Å². The van der Waals surface area contributed by atoms with E-state index in [1.807, 2.05) is 6.07 Å². The van der Waals surface area contributed by atoms with Crippen molar-refractivity contribution in [2.24, 2.45) is 5.73 Å². The highest BCUT2D eigenvalue weighted by Gasteiger charge is 2.19. The number of aliphatic hydroxyl groups is 1. The Labute approximate surface area is 92.7 Å². The zero-order valence-corrected chi connectivity index (χ0v) is 9.63. The summed E-state index contributed by atoms with van der Waals surface area (Å²) < 4.78 is 4.60. The van der Waals surface area contributed by atoms with Crippen LogP contribution < -0.4 is 5.73 Å². The molecule has 1 atom stereocenters. The van der Waals surface area contributed by atoms with Crippen LogP contribution >= 0.6 is 11.3 Å². The number of carbonyl (C=O) groups is 1. The van der Waals surface area contributed by atoms with E-state index in [0.29, 0.717) is 11.3 Å². The molecule has 0 saturated carbocycles. The van der Waals surface area contributed by atoms with Crippen molar-refractivity contribution < 1.29 is 14.6 Å². The Bertz CT molecular complexity index is 346. The topological polar surface area (TPSA) is 72.5 Å². The minimum atomic E-state index is -0.641. The van der Waals surface area contributed by atoms with Gasteiger partial charge in [0.15, 0.2) is 0 Å². The van der Waals surface area contributed by atoms with Crippen LogP contribution in [-0.2, 0) is 11.2 Å². The zero-order chi connectivity index (χ0) is 11.5. The average molecular weight is 229 g/mol. The molecule has 1 rings (SSSR count). The molecule has 0 spiro atoms. The van der Waals surface area contributed by atoms with Crippen molar-refractivity contribution in [2.75, 3.05) is 13.7 Å². The Morgan fingerprint density at radius 2 is 2.33 bits per heavy atom. The summed E-state index contributed by atoms with van der Waals surface area (Å²) in [5, 5.41) is 9.01. The Morgan fingerprint density at radius 1 is 1.67 bits per heavy atom. The first kappa shape index (κ1) is 12.2. The van der Waals surface area contributed by atoms with Gasteiger partial charge >= 0.3 is 5.97 Å². The third-order valence-electron chi connectivity index (χ3n) is 1.99. The summed E-state index contributed by atoms with van der Waals surface area (Å²) in [5.41, 5.74) is 5.17. The van der Waals surface area contributed by atoms with Crippen LogP contribution in [0.15, 0.2) is 12.1 Å². The summed E-state index contributed by atoms with van der Waals surface area (Å²) in [6.45, 7) is 1.68. The number of nitrogens with two attached hydrogens (primary N) is 1. The van der Waals surface area contributed by atoms with Crippen LogP contribution in [0.4, 0.5) is 0 Å². The lowest BCUT2D eigenvalue weighted by Gasteiger charge is -2.20. The fourth-order valence-corrected chi connectivity index (χ4v) is 2.26. The average Bonchev–Trinajstić information content (AvgIpc) is 2.64. The standard InChI is InChI=1S/C10H15NO3S/c1-10(11,6-12)5-7-3-4-8(15-7)9(13)14-2/h3-4,12H,5-6,11H2,1-2H3. The van der Waals surface area contributed by atoms with E-state index in [1.54, 1.807) is 13.0 Å². The minimum absolute atomic E-state index is 0.0849. The van der Waals surface area contributed by atoms with Crippen molar-refractivity contribution >= 4 is 17.3 Å². The molecule has 1 heterocycles. The fourth-order valence-electron chi connectivity index (χ4n) is 1.14. The molecule has 0 aliphatic carbocycles. The Kier molecular flexibility index (Phi) is 3.84. The first-order valence-corrected chi connectivity index (χ1v) is 5.37. The molecule has 0 aromatic carbocycles. The molecule has 0 fully saturated rings. The van der Waals surface area contributed by atoms with Crippen LogP contribution in [0.5, 0.6) is 0 Å². The first-order chi connectivity index (χ1) is 6.98. The van der Waals surface area contributed by atoms with Crippen molar-refractivity contribution in [3.63, 3.8) is 0 Å². The molecule has 15 heavy (non-hydrogen) atoms. The van der Waals surface area contributed by atoms with E-state index >= 15 is 0 Å². The van der Waals surface area contributed by atoms with Gasteiger partial charge in [0.2, 0.25) is 0 Å². The number of ether oxygens (including phenoxy) is 1. The van der Waals surface area contributed by atoms with Gasteiger partial charge in [-0.3, -0.25) is 0 Å². The van der Waals surface area contributed by atoms with Crippen LogP contribution in [0.25, 0.3) is 0 Å². The number of esters is 1. The molecule has 0 radical (unpaired) electrons. The van der Waals surface area contributed by atoms with E-state index < -0.39 is 5.54 Å². The molecule has 4 nitrogen and oxygen atoms in total. The van der Waals surface area contributed by atoms with E-state index in [2.05, 4.69) is 4.74 Å². The van der Waals surface area contributed by atoms with Gasteiger partial charge in [0.05, 0.1) is 13.7 Å². The van der Waals surface area contributed by atoms with Gasteiger partial charge in [0, 0.05) is 16.8 Å². The van der Waals surface area contributed by atoms with Gasteiger partial charge in [-0.05, 0) is 19.1 Å². The summed E-state index contributed by atoms with van der Waals surface area (Å²) in [4.78, 5) is 12.7. The van der Waals surface area contributed by atoms with Gasteiger partial charge < -0.3 is 15.6 Å². The molecular formula is C10H15NO3S. The van der Waals surface area contributed by atoms with E-state index in [0.717, 1.165) is 4.88 Å². The highest BCUT2D eigenvalue weighted by Crippen LogP contribution is 2.21. The molecule has 1 unspecified atom stereocenters. The second-order valence-electron chi connectivity index (χ2n) is 3.75. The van der Waals surface area contributed by atoms with Crippen molar-refractivity contribution in [1.82, 2.24) is 0 Å². The normalized spacial score (nSPS) is 14.7. The Balaban J connectivity index is 2.73. The van der Waals surface area contributed by atoms with E-state index in [9.17, 15) is 4.79 Å². The second kappa shape index (κ2) is 4.74. The lowest BCUT2D eigenvalue weighted by molar-refractivity contribution is 0.0606. The maximum absolute atomic E-state index is 11.2. The summed E-state index contributed by atoms with van der Waals surface area (Å²) in [6, 6.07) is 3.54. The van der Waals surface area contributed by atoms with E-state index in [-0.39, 0.29) is 12.6 Å². The number of aliphatic hydroxyl groups excluding tert-OH is 1. The SMILES string of the molecule is COC(=O)c1ccc(CC(C)(N)CO)s1. The lowest BCUT2D eigenvalue weighted by Crippen LogP contribution is -2.42. The summed E-state index contributed by atoms with van der Waals surface area (Å²) in [6.07, 6.45) is 0.547. The molecule has 1 aromatic rings. The molecule has 0 aliphatic rings. The van der Waals surface area contributed by atoms with Crippen molar-refractivity contribution in [2.45, 2.75) is 18.9 Å². The van der Waals surface area contributed by atoms with Crippen LogP contribution in [0.1, 0.15) is 21.5 Å². The second-order valence-corrected chi connectivity index (χ2v) is 4.91. The number of rotatable bonds is 4. The van der Waals surface area contributed by atoms with Crippen LogP contribution in [-0.4, -0.2) is 30.3 Å². The summed E-state index contributed by atoms with van der Waals surface area (Å²) in [5.74, 6) is -0.339. The molecule has 1 aromatic heterocycles. The molecule has 0 aliphatic heterocycles. The fraction of sp³-hybridized carbons (Fsp3) is 0.500. The Morgan fingerprint density at radius 3 is 2.87 bits per heavy atom. The maximum atomic E-state index is 11.2. The highest BCUT2D eigenvalue weighted by molar-refractivity contribution is 7.13. The van der Waals surface area contributed by atoms with Gasteiger partial charge in [-0.2, -0.15) is 0 Å². The quantitative estimate of drug-likeness (QED) is 0.749. The molecule has 5 heteroatoms. The number of hydrogen-bond donors (Lipinski definition) is 2. The predicted octanol–water partition coefficient (Wildman–Crippen LogP) is 0.787. The zero-order valence-electron chi connectivity index (χ0n) is 8.82. The van der Waals surface area contributed by atoms with Crippen molar-refractivity contribution in [3.8, 4) is 0 Å². The van der Waals surface area contributed by atoms with Gasteiger partial charge in [-0.1, -0.05) is 0 Å². The Hall–Kier alpha value is -0.910. The number of hydrogen-bond acceptors (Lipinski definition) is 5. The number of thiophene rings is 1. The van der Waals surface area contributed by atoms with Crippen molar-refractivity contribution in [1.29, 1.82) is 0 Å². The monoisotopic (exact) mass is 229 g/mol. The van der Waals surface area contributed by atoms with Gasteiger partial charge in [-0.15, -0.1) is 11.3 Å². The number of carbonyl (C=O) groups excluding carboxylic acids is 1. The van der Waals surface area contributed by atoms with Gasteiger partial charge in [0.1, 0.15) is 4.88 Å². The van der Waals surface area contributed by atoms with Gasteiger partial charge in [-0.25, -0.2) is 4.79 Å². The van der Waals surface area contributed by atoms with Crippen LogP contribution in [0, 0.1) is 0 Å². The first-order valence-electron chi connectivity index (χ1n) is 4.55. The minimum Gasteiger partial charge on any atom is -0.465 e. The lowest BCUT2D eigenvalue weighted by atomic mass is 10.00. The summed E-state index contributed by atoms with van der Waals surface area (Å²) in [7, 11) is 1.35. The van der Waals surface area contributed by atoms with Crippen LogP contribution in [0.2, 0.25) is 0 Å². The number of methoxy groups -OCH3 is 1. The molecule has 0 amide bonds. The molecule has 3 N–H and O–H groups in total. The van der Waals surface area contributed by atoms with E-state index in [4.69, 9.17) is 10.8 Å². The largest absolute Gasteiger partial charge is 0.465 e. The highest BCUT2D eigenvalue weighted by atomic mass is 32.1. The predicted molar refractivity (Wildman–Crippen MR) is 59.0 cm³/mol. The molecule has 0 saturated heterocycles. The van der Waals surface area contributed by atoms with E-state index in [1.165, 1.54) is 18.4 Å². The summed E-state index contributed by atoms with van der Waals surface area (Å²) >= 11 is 1.34. The third-order valence-corrected chi connectivity index (χ3v) is 3.05. The van der Waals surface area contributed by atoms with Crippen molar-refractivity contribution in [3.05, 3.63) is 21.9 Å². The molecule has 84 valence electrons. The third kappa shape index (κ3) is 3.30. The maximum Gasteiger partial charge on any atom is 0.348 e. The van der Waals surface area contributed by atoms with Crippen LogP contribution in [0.3, 0.4) is 0 Å². The smallest absolute Gasteiger partial charge is 0.348 e. The molecule has 0 bridgehead atoms.